The van der Waals surface area contributed by atoms with Crippen molar-refractivity contribution in [3.05, 3.63) is 83.8 Å². The minimum absolute atomic E-state index is 0.00756. The zero-order chi connectivity index (χ0) is 28.8. The molecule has 0 spiro atoms. The van der Waals surface area contributed by atoms with Gasteiger partial charge in [-0.05, 0) is 80.1 Å². The van der Waals surface area contributed by atoms with Crippen LogP contribution in [0.5, 0.6) is 0 Å². The van der Waals surface area contributed by atoms with Crippen LogP contribution < -0.4 is 0 Å². The van der Waals surface area contributed by atoms with Crippen molar-refractivity contribution in [2.75, 3.05) is 27.3 Å². The topological polar surface area (TPSA) is 81.8 Å². The first-order chi connectivity index (χ1) is 19.9. The summed E-state index contributed by atoms with van der Waals surface area (Å²) in [5.74, 6) is 1.80. The number of nitrogens with zero attached hydrogens (tertiary/aromatic N) is 5. The highest BCUT2D eigenvalue weighted by Gasteiger charge is 2.25. The summed E-state index contributed by atoms with van der Waals surface area (Å²) in [7, 11) is 3.25. The van der Waals surface area contributed by atoms with Crippen molar-refractivity contribution in [2.45, 2.75) is 38.6 Å². The number of carbonyl (C=O) groups is 1. The van der Waals surface area contributed by atoms with E-state index in [1.165, 1.54) is 24.3 Å². The zero-order valence-corrected chi connectivity index (χ0v) is 23.2. The summed E-state index contributed by atoms with van der Waals surface area (Å²) in [6, 6.07) is 11.8. The number of hydrogen-bond acceptors (Lipinski definition) is 6. The van der Waals surface area contributed by atoms with E-state index in [1.807, 2.05) is 11.0 Å². The maximum Gasteiger partial charge on any atom is 0.244 e. The lowest BCUT2D eigenvalue weighted by atomic mass is 9.91. The molecule has 2 aliphatic rings. The molecule has 0 radical (unpaired) electrons. The third-order valence-corrected chi connectivity index (χ3v) is 7.41. The molecule has 3 aromatic rings. The quantitative estimate of drug-likeness (QED) is 0.366. The highest BCUT2D eigenvalue weighted by Crippen LogP contribution is 2.28. The van der Waals surface area contributed by atoms with Crippen LogP contribution in [-0.4, -0.2) is 58.8 Å². The average molecular weight is 562 g/mol. The minimum atomic E-state index is -0.368. The molecule has 0 saturated carbocycles. The lowest BCUT2D eigenvalue weighted by Crippen LogP contribution is -2.40. The van der Waals surface area contributed by atoms with Gasteiger partial charge >= 0.3 is 0 Å². The fourth-order valence-corrected chi connectivity index (χ4v) is 5.10. The maximum absolute atomic E-state index is 13.6. The normalized spacial score (nSPS) is 16.3. The van der Waals surface area contributed by atoms with Gasteiger partial charge in [-0.2, -0.15) is 0 Å². The number of rotatable bonds is 7. The largest absolute Gasteiger partial charge is 0.501 e. The highest BCUT2D eigenvalue weighted by molar-refractivity contribution is 5.89. The summed E-state index contributed by atoms with van der Waals surface area (Å²) in [6.07, 6.45) is 8.17. The van der Waals surface area contributed by atoms with E-state index in [-0.39, 0.29) is 24.1 Å². The monoisotopic (exact) mass is 561 g/mol. The molecule has 0 atom stereocenters. The van der Waals surface area contributed by atoms with E-state index in [0.717, 1.165) is 43.6 Å². The smallest absolute Gasteiger partial charge is 0.244 e. The van der Waals surface area contributed by atoms with E-state index >= 15 is 0 Å². The van der Waals surface area contributed by atoms with Crippen LogP contribution in [0.3, 0.4) is 0 Å². The maximum atomic E-state index is 13.6. The fourth-order valence-electron chi connectivity index (χ4n) is 5.10. The van der Waals surface area contributed by atoms with Crippen molar-refractivity contribution in [2.24, 2.45) is 10.9 Å². The first-order valence-electron chi connectivity index (χ1n) is 13.7. The Kier molecular flexibility index (Phi) is 8.86. The third-order valence-electron chi connectivity index (χ3n) is 7.41. The Labute approximate surface area is 238 Å². The number of methoxy groups -OCH3 is 2. The standard InChI is InChI=1S/C31H33F2N5O3/c1-40-27-5-3-4-26(34-28(19-27)41-2)18-21-14-16-37(17-15-21)29(39)20-38-31(23-8-12-25(33)13-9-23)35-30(36-38)22-6-10-24(32)11-7-22/h4,6-13,19,21H,3,5,14-18,20H2,1-2H3. The summed E-state index contributed by atoms with van der Waals surface area (Å²) < 4.78 is 39.4. The van der Waals surface area contributed by atoms with Crippen molar-refractivity contribution in [1.29, 1.82) is 0 Å². The SMILES string of the molecule is COC1=CC(OC)=NC(CC2CCN(C(=O)Cn3nc(-c4ccc(F)cc4)nc3-c3ccc(F)cc3)CC2)=CCC1. The van der Waals surface area contributed by atoms with Gasteiger partial charge in [0.25, 0.3) is 0 Å². The molecule has 5 rings (SSSR count). The van der Waals surface area contributed by atoms with Gasteiger partial charge in [-0.3, -0.25) is 4.79 Å². The van der Waals surface area contributed by atoms with Gasteiger partial charge < -0.3 is 14.4 Å². The molecule has 1 aromatic heterocycles. The molecule has 41 heavy (non-hydrogen) atoms. The number of hydrogen-bond donors (Lipinski definition) is 0. The van der Waals surface area contributed by atoms with Crippen LogP contribution in [0.15, 0.2) is 77.1 Å². The van der Waals surface area contributed by atoms with E-state index in [1.54, 1.807) is 43.2 Å². The second kappa shape index (κ2) is 12.9. The van der Waals surface area contributed by atoms with Gasteiger partial charge in [0.15, 0.2) is 11.6 Å². The Morgan fingerprint density at radius 2 is 1.61 bits per heavy atom. The Morgan fingerprint density at radius 3 is 2.24 bits per heavy atom. The van der Waals surface area contributed by atoms with Crippen molar-refractivity contribution < 1.29 is 23.0 Å². The van der Waals surface area contributed by atoms with Gasteiger partial charge in [-0.1, -0.05) is 6.08 Å². The Morgan fingerprint density at radius 1 is 0.951 bits per heavy atom. The number of carbonyl (C=O) groups excluding carboxylic acids is 1. The van der Waals surface area contributed by atoms with Crippen molar-refractivity contribution in [1.82, 2.24) is 19.7 Å². The van der Waals surface area contributed by atoms with Gasteiger partial charge in [0.1, 0.15) is 23.9 Å². The van der Waals surface area contributed by atoms with Gasteiger partial charge in [-0.15, -0.1) is 5.10 Å². The van der Waals surface area contributed by atoms with Gasteiger partial charge in [0, 0.05) is 42.4 Å². The van der Waals surface area contributed by atoms with Crippen LogP contribution in [0.1, 0.15) is 32.1 Å². The summed E-state index contributed by atoms with van der Waals surface area (Å²) in [6.45, 7) is 1.26. The van der Waals surface area contributed by atoms with Crippen molar-refractivity contribution in [3.8, 4) is 22.8 Å². The number of aliphatic imine (C=N–C) groups is 1. The first kappa shape index (κ1) is 28.2. The molecular weight excluding hydrogens is 528 g/mol. The van der Waals surface area contributed by atoms with Crippen molar-refractivity contribution >= 4 is 11.8 Å². The number of allylic oxidation sites excluding steroid dienone is 3. The number of likely N-dealkylation sites (tertiary alicyclic amines) is 1. The number of benzene rings is 2. The van der Waals surface area contributed by atoms with Gasteiger partial charge in [0.2, 0.25) is 11.8 Å². The van der Waals surface area contributed by atoms with E-state index in [4.69, 9.17) is 9.47 Å². The molecule has 2 aromatic carbocycles. The van der Waals surface area contributed by atoms with E-state index < -0.39 is 0 Å². The Hall–Kier alpha value is -4.34. The Bertz CT molecular complexity index is 1450. The fraction of sp³-hybridized carbons (Fsp3) is 0.355. The minimum Gasteiger partial charge on any atom is -0.501 e. The number of halogens is 2. The molecule has 0 unspecified atom stereocenters. The number of ether oxygens (including phenoxy) is 2. The van der Waals surface area contributed by atoms with E-state index in [9.17, 15) is 13.6 Å². The number of amides is 1. The molecule has 0 aliphatic carbocycles. The molecule has 2 aliphatic heterocycles. The van der Waals surface area contributed by atoms with Crippen LogP contribution in [-0.2, 0) is 20.8 Å². The van der Waals surface area contributed by atoms with Crippen LogP contribution in [0.2, 0.25) is 0 Å². The molecule has 1 saturated heterocycles. The predicted octanol–water partition coefficient (Wildman–Crippen LogP) is 5.77. The zero-order valence-electron chi connectivity index (χ0n) is 23.2. The molecule has 214 valence electrons. The predicted molar refractivity (Wildman–Crippen MR) is 152 cm³/mol. The molecule has 0 bridgehead atoms. The summed E-state index contributed by atoms with van der Waals surface area (Å²) in [5, 5.41) is 4.57. The lowest BCUT2D eigenvalue weighted by molar-refractivity contribution is -0.133. The molecule has 0 N–H and O–H groups in total. The van der Waals surface area contributed by atoms with Gasteiger partial charge in [-0.25, -0.2) is 23.4 Å². The molecule has 10 heteroatoms. The summed E-state index contributed by atoms with van der Waals surface area (Å²) in [4.78, 5) is 24.5. The first-order valence-corrected chi connectivity index (χ1v) is 13.7. The van der Waals surface area contributed by atoms with Crippen LogP contribution in [0.25, 0.3) is 22.8 Å². The lowest BCUT2D eigenvalue weighted by Gasteiger charge is -2.32. The number of piperidine rings is 1. The van der Waals surface area contributed by atoms with E-state index in [2.05, 4.69) is 21.2 Å². The molecule has 3 heterocycles. The van der Waals surface area contributed by atoms with Crippen LogP contribution in [0, 0.1) is 17.6 Å². The molecule has 1 fully saturated rings. The average Bonchev–Trinajstić information content (AvgIpc) is 3.39. The summed E-state index contributed by atoms with van der Waals surface area (Å²) in [5.41, 5.74) is 2.26. The van der Waals surface area contributed by atoms with Crippen molar-refractivity contribution in [3.63, 3.8) is 0 Å². The second-order valence-corrected chi connectivity index (χ2v) is 10.2. The molecule has 8 nitrogen and oxygen atoms in total. The summed E-state index contributed by atoms with van der Waals surface area (Å²) >= 11 is 0. The highest BCUT2D eigenvalue weighted by atomic mass is 19.1. The Balaban J connectivity index is 1.26. The van der Waals surface area contributed by atoms with Crippen LogP contribution in [0.4, 0.5) is 8.78 Å². The number of aromatic nitrogens is 3. The van der Waals surface area contributed by atoms with Crippen LogP contribution >= 0.6 is 0 Å². The molecule has 1 amide bonds. The second-order valence-electron chi connectivity index (χ2n) is 10.2. The van der Waals surface area contributed by atoms with Gasteiger partial charge in [0.05, 0.1) is 14.2 Å². The van der Waals surface area contributed by atoms with E-state index in [0.29, 0.717) is 47.7 Å². The third kappa shape index (κ3) is 7.06. The molecular formula is C31H33F2N5O3.